The van der Waals surface area contributed by atoms with Crippen molar-refractivity contribution in [3.05, 3.63) is 29.8 Å². The molecular weight excluding hydrogens is 258 g/mol. The van der Waals surface area contributed by atoms with Crippen molar-refractivity contribution in [3.63, 3.8) is 0 Å². The molecule has 0 radical (unpaired) electrons. The maximum Gasteiger partial charge on any atom is 0.172 e. The van der Waals surface area contributed by atoms with Gasteiger partial charge < -0.3 is 4.48 Å². The third kappa shape index (κ3) is 4.55. The summed E-state index contributed by atoms with van der Waals surface area (Å²) < 4.78 is 12.5. The lowest BCUT2D eigenvalue weighted by Gasteiger charge is -2.28. The van der Waals surface area contributed by atoms with Crippen LogP contribution in [0.15, 0.2) is 29.2 Å². The molecule has 0 heterocycles. The van der Waals surface area contributed by atoms with Crippen LogP contribution in [0.1, 0.15) is 23.7 Å². The molecule has 0 fully saturated rings. The van der Waals surface area contributed by atoms with E-state index in [4.69, 9.17) is 0 Å². The summed E-state index contributed by atoms with van der Waals surface area (Å²) >= 11 is 0. The van der Waals surface area contributed by atoms with Gasteiger partial charge in [-0.2, -0.15) is 0 Å². The van der Waals surface area contributed by atoms with E-state index in [1.807, 2.05) is 19.1 Å². The van der Waals surface area contributed by atoms with Gasteiger partial charge in [0.2, 0.25) is 0 Å². The molecule has 0 aromatic heterocycles. The lowest BCUT2D eigenvalue weighted by atomic mass is 9.94. The molecule has 3 nitrogen and oxygen atoms in total. The number of Topliss-reactive ketones (excluding diaryl/α,β-unsaturated/α-hetero) is 1. The quantitative estimate of drug-likeness (QED) is 0.593. The highest BCUT2D eigenvalue weighted by molar-refractivity contribution is 7.84. The summed E-state index contributed by atoms with van der Waals surface area (Å²) in [5.41, 5.74) is 0.614. The van der Waals surface area contributed by atoms with Crippen molar-refractivity contribution in [3.8, 4) is 0 Å². The Morgan fingerprint density at radius 3 is 2.32 bits per heavy atom. The van der Waals surface area contributed by atoms with Gasteiger partial charge in [0.05, 0.1) is 44.4 Å². The summed E-state index contributed by atoms with van der Waals surface area (Å²) in [5.74, 6) is 0.0889. The van der Waals surface area contributed by atoms with Crippen LogP contribution < -0.4 is 0 Å². The van der Waals surface area contributed by atoms with E-state index in [0.29, 0.717) is 10.5 Å². The van der Waals surface area contributed by atoms with Gasteiger partial charge in [0, 0.05) is 16.7 Å². The molecule has 0 aliphatic rings. The molecule has 0 saturated carbocycles. The van der Waals surface area contributed by atoms with Crippen LogP contribution in [0.3, 0.4) is 0 Å². The van der Waals surface area contributed by atoms with E-state index in [1.54, 1.807) is 18.4 Å². The molecule has 4 heteroatoms. The minimum Gasteiger partial charge on any atom is -0.330 e. The zero-order valence-electron chi connectivity index (χ0n) is 12.5. The van der Waals surface area contributed by atoms with Gasteiger partial charge >= 0.3 is 0 Å². The number of carbonyl (C=O) groups is 1. The number of hydrogen-bond donors (Lipinski definition) is 0. The predicted molar refractivity (Wildman–Crippen MR) is 79.8 cm³/mol. The second-order valence-electron chi connectivity index (χ2n) is 5.89. The number of benzene rings is 1. The van der Waals surface area contributed by atoms with E-state index < -0.39 is 10.8 Å². The molecule has 1 rings (SSSR count). The maximum atomic E-state index is 12.6. The van der Waals surface area contributed by atoms with Crippen molar-refractivity contribution in [2.24, 2.45) is 5.92 Å². The largest absolute Gasteiger partial charge is 0.330 e. The number of quaternary nitrogens is 1. The van der Waals surface area contributed by atoms with Crippen LogP contribution in [0.25, 0.3) is 0 Å². The van der Waals surface area contributed by atoms with Gasteiger partial charge in [-0.3, -0.25) is 9.00 Å². The van der Waals surface area contributed by atoms with Gasteiger partial charge in [0.1, 0.15) is 0 Å². The number of ketones is 1. The van der Waals surface area contributed by atoms with Gasteiger partial charge in [-0.1, -0.05) is 25.1 Å². The Morgan fingerprint density at radius 2 is 1.84 bits per heavy atom. The molecular formula is C15H24NO2S+. The summed E-state index contributed by atoms with van der Waals surface area (Å²) in [5, 5.41) is 0. The first-order valence-corrected chi connectivity index (χ1v) is 8.09. The molecule has 1 aromatic rings. The number of rotatable bonds is 6. The third-order valence-corrected chi connectivity index (χ3v) is 4.07. The lowest BCUT2D eigenvalue weighted by molar-refractivity contribution is -0.872. The van der Waals surface area contributed by atoms with E-state index >= 15 is 0 Å². The van der Waals surface area contributed by atoms with E-state index in [2.05, 4.69) is 21.1 Å². The Kier molecular flexibility index (Phi) is 5.44. The zero-order valence-corrected chi connectivity index (χ0v) is 13.3. The molecule has 0 amide bonds. The highest BCUT2D eigenvalue weighted by atomic mass is 32.2. The normalized spacial score (nSPS) is 15.0. The molecule has 0 aliphatic carbocycles. The molecule has 1 aromatic carbocycles. The Bertz CT molecular complexity index is 477. The van der Waals surface area contributed by atoms with Crippen LogP contribution in [0.4, 0.5) is 0 Å². The van der Waals surface area contributed by atoms with Crippen molar-refractivity contribution in [2.75, 3.05) is 33.9 Å². The van der Waals surface area contributed by atoms with Crippen molar-refractivity contribution < 1.29 is 13.5 Å². The van der Waals surface area contributed by atoms with Gasteiger partial charge in [0.15, 0.2) is 5.78 Å². The second-order valence-corrected chi connectivity index (χ2v) is 7.24. The SMILES string of the molecule is CCC(C[N+](C)(C)C)C(=O)c1ccccc1S(C)=O. The fourth-order valence-electron chi connectivity index (χ4n) is 2.20. The van der Waals surface area contributed by atoms with Crippen LogP contribution in [0, 0.1) is 5.92 Å². The van der Waals surface area contributed by atoms with Crippen molar-refractivity contribution in [2.45, 2.75) is 18.2 Å². The molecule has 106 valence electrons. The standard InChI is InChI=1S/C15H24NO2S/c1-6-12(11-16(2,3)4)15(17)13-9-7-8-10-14(13)19(5)18/h7-10,12H,6,11H2,1-5H3/q+1. The fourth-order valence-corrected chi connectivity index (χ4v) is 2.95. The molecule has 2 atom stereocenters. The topological polar surface area (TPSA) is 34.1 Å². The first kappa shape index (κ1) is 16.1. The summed E-state index contributed by atoms with van der Waals surface area (Å²) in [7, 11) is 5.12. The molecule has 19 heavy (non-hydrogen) atoms. The van der Waals surface area contributed by atoms with Gasteiger partial charge in [-0.05, 0) is 12.5 Å². The lowest BCUT2D eigenvalue weighted by Crippen LogP contribution is -2.41. The summed E-state index contributed by atoms with van der Waals surface area (Å²) in [6, 6.07) is 7.23. The van der Waals surface area contributed by atoms with Crippen LogP contribution in [-0.2, 0) is 10.8 Å². The highest BCUT2D eigenvalue weighted by Gasteiger charge is 2.26. The molecule has 0 aliphatic heterocycles. The van der Waals surface area contributed by atoms with E-state index in [-0.39, 0.29) is 11.7 Å². The summed E-state index contributed by atoms with van der Waals surface area (Å²) in [6.07, 6.45) is 2.42. The van der Waals surface area contributed by atoms with Gasteiger partial charge in [0.25, 0.3) is 0 Å². The monoisotopic (exact) mass is 282 g/mol. The summed E-state index contributed by atoms with van der Waals surface area (Å²) in [4.78, 5) is 13.3. The Balaban J connectivity index is 3.08. The van der Waals surface area contributed by atoms with Crippen molar-refractivity contribution >= 4 is 16.6 Å². The van der Waals surface area contributed by atoms with Gasteiger partial charge in [-0.15, -0.1) is 0 Å². The Morgan fingerprint density at radius 1 is 1.26 bits per heavy atom. The molecule has 0 saturated heterocycles. The summed E-state index contributed by atoms with van der Waals surface area (Å²) in [6.45, 7) is 2.82. The van der Waals surface area contributed by atoms with Crippen LogP contribution >= 0.6 is 0 Å². The van der Waals surface area contributed by atoms with Crippen LogP contribution in [0.5, 0.6) is 0 Å². The molecule has 2 unspecified atom stereocenters. The average molecular weight is 282 g/mol. The maximum absolute atomic E-state index is 12.6. The second kappa shape index (κ2) is 6.44. The van der Waals surface area contributed by atoms with E-state index in [0.717, 1.165) is 17.4 Å². The molecule has 0 N–H and O–H groups in total. The first-order chi connectivity index (χ1) is 8.76. The molecule has 0 spiro atoms. The van der Waals surface area contributed by atoms with Gasteiger partial charge in [-0.25, -0.2) is 0 Å². The predicted octanol–water partition coefficient (Wildman–Crippen LogP) is 2.34. The minimum atomic E-state index is -1.13. The zero-order chi connectivity index (χ0) is 14.6. The highest BCUT2D eigenvalue weighted by Crippen LogP contribution is 2.20. The fraction of sp³-hybridized carbons (Fsp3) is 0.533. The number of hydrogen-bond acceptors (Lipinski definition) is 2. The minimum absolute atomic E-state index is 0.0234. The van der Waals surface area contributed by atoms with Crippen LogP contribution in [0.2, 0.25) is 0 Å². The molecule has 0 bridgehead atoms. The average Bonchev–Trinajstić information content (AvgIpc) is 2.34. The Hall–Kier alpha value is -1.00. The van der Waals surface area contributed by atoms with Crippen LogP contribution in [-0.4, -0.2) is 48.4 Å². The van der Waals surface area contributed by atoms with E-state index in [9.17, 15) is 9.00 Å². The smallest absolute Gasteiger partial charge is 0.172 e. The number of nitrogens with zero attached hydrogens (tertiary/aromatic N) is 1. The van der Waals surface area contributed by atoms with Crippen molar-refractivity contribution in [1.82, 2.24) is 0 Å². The first-order valence-electron chi connectivity index (χ1n) is 6.53. The third-order valence-electron chi connectivity index (χ3n) is 3.09. The van der Waals surface area contributed by atoms with Crippen molar-refractivity contribution in [1.29, 1.82) is 0 Å². The van der Waals surface area contributed by atoms with E-state index in [1.165, 1.54) is 0 Å². The number of carbonyl (C=O) groups excluding carboxylic acids is 1. The Labute approximate surface area is 118 Å².